The van der Waals surface area contributed by atoms with Crippen LogP contribution in [0.4, 0.5) is 5.69 Å². The molecule has 5 rings (SSSR count). The molecule has 39 heavy (non-hydrogen) atoms. The van der Waals surface area contributed by atoms with E-state index in [9.17, 15) is 9.59 Å². The van der Waals surface area contributed by atoms with E-state index in [-0.39, 0.29) is 22.6 Å². The second-order valence-corrected chi connectivity index (χ2v) is 12.7. The van der Waals surface area contributed by atoms with E-state index in [1.54, 1.807) is 0 Å². The van der Waals surface area contributed by atoms with E-state index in [2.05, 4.69) is 41.5 Å². The molecule has 0 saturated heterocycles. The topological polar surface area (TPSA) is 50.3 Å². The number of carbonyl (C=O) groups is 2. The van der Waals surface area contributed by atoms with Crippen molar-refractivity contribution in [1.29, 1.82) is 0 Å². The zero-order valence-corrected chi connectivity index (χ0v) is 24.0. The van der Waals surface area contributed by atoms with Crippen molar-refractivity contribution in [3.8, 4) is 0 Å². The Morgan fingerprint density at radius 2 is 1.15 bits per heavy atom. The standard InChI is InChI=1S/C35H38N2O2/c1-34(2,3)25-19-15-23(16-20-25)32(38)37(33(39)24-17-21-26(22-18-24)35(4,5)6)31-27-11-7-9-13-29(27)36-30-14-10-8-12-28(30)31/h7,9,11,13,15-22H,8,10,12,14H2,1-6H3. The highest BCUT2D eigenvalue weighted by Gasteiger charge is 2.32. The summed E-state index contributed by atoms with van der Waals surface area (Å²) in [5.74, 6) is -0.631. The minimum Gasteiger partial charge on any atom is -0.268 e. The minimum absolute atomic E-state index is 0.0355. The van der Waals surface area contributed by atoms with Gasteiger partial charge in [0.1, 0.15) is 0 Å². The molecule has 0 spiro atoms. The van der Waals surface area contributed by atoms with Crippen molar-refractivity contribution < 1.29 is 9.59 Å². The van der Waals surface area contributed by atoms with Gasteiger partial charge in [-0.05, 0) is 83.5 Å². The maximum absolute atomic E-state index is 14.4. The Hall–Kier alpha value is -3.79. The Morgan fingerprint density at radius 3 is 1.67 bits per heavy atom. The molecule has 1 aromatic heterocycles. The van der Waals surface area contributed by atoms with Gasteiger partial charge in [0.15, 0.2) is 0 Å². The van der Waals surface area contributed by atoms with Gasteiger partial charge in [-0.1, -0.05) is 84.0 Å². The molecule has 0 N–H and O–H groups in total. The van der Waals surface area contributed by atoms with Crippen molar-refractivity contribution in [3.05, 3.63) is 106 Å². The Balaban J connectivity index is 1.70. The average molecular weight is 519 g/mol. The summed E-state index contributed by atoms with van der Waals surface area (Å²) in [4.78, 5) is 35.1. The maximum atomic E-state index is 14.4. The molecule has 0 aliphatic heterocycles. The number of para-hydroxylation sites is 1. The van der Waals surface area contributed by atoms with Gasteiger partial charge < -0.3 is 0 Å². The molecule has 0 atom stereocenters. The van der Waals surface area contributed by atoms with Crippen LogP contribution in [-0.4, -0.2) is 16.8 Å². The number of hydrogen-bond acceptors (Lipinski definition) is 3. The van der Waals surface area contributed by atoms with Crippen LogP contribution < -0.4 is 4.90 Å². The molecule has 200 valence electrons. The molecule has 1 aliphatic rings. The van der Waals surface area contributed by atoms with Crippen molar-refractivity contribution in [2.45, 2.75) is 78.1 Å². The number of anilines is 1. The normalized spacial score (nSPS) is 13.7. The number of carbonyl (C=O) groups excluding carboxylic acids is 2. The summed E-state index contributed by atoms with van der Waals surface area (Å²) in [7, 11) is 0. The molecule has 1 heterocycles. The number of pyridine rings is 1. The van der Waals surface area contributed by atoms with Crippen molar-refractivity contribution in [2.75, 3.05) is 4.90 Å². The number of hydrogen-bond donors (Lipinski definition) is 0. The molecule has 0 unspecified atom stereocenters. The van der Waals surface area contributed by atoms with Gasteiger partial charge in [0.25, 0.3) is 11.8 Å². The summed E-state index contributed by atoms with van der Waals surface area (Å²) in [5.41, 5.74) is 6.70. The lowest BCUT2D eigenvalue weighted by Crippen LogP contribution is -2.38. The molecule has 4 heteroatoms. The monoisotopic (exact) mass is 518 g/mol. The largest absolute Gasteiger partial charge is 0.268 e. The number of fused-ring (bicyclic) bond motifs is 2. The van der Waals surface area contributed by atoms with Crippen molar-refractivity contribution >= 4 is 28.4 Å². The number of nitrogens with zero attached hydrogens (tertiary/aromatic N) is 2. The van der Waals surface area contributed by atoms with E-state index < -0.39 is 0 Å². The number of rotatable bonds is 3. The fourth-order valence-corrected chi connectivity index (χ4v) is 5.38. The highest BCUT2D eigenvalue weighted by molar-refractivity contribution is 6.28. The predicted molar refractivity (Wildman–Crippen MR) is 160 cm³/mol. The highest BCUT2D eigenvalue weighted by Crippen LogP contribution is 2.38. The lowest BCUT2D eigenvalue weighted by molar-refractivity contribution is 0.0897. The van der Waals surface area contributed by atoms with Crippen LogP contribution in [0, 0.1) is 0 Å². The first-order valence-electron chi connectivity index (χ1n) is 14.0. The molecule has 3 aromatic carbocycles. The van der Waals surface area contributed by atoms with E-state index in [4.69, 9.17) is 4.98 Å². The van der Waals surface area contributed by atoms with Crippen LogP contribution in [-0.2, 0) is 23.7 Å². The summed E-state index contributed by atoms with van der Waals surface area (Å²) in [5, 5.41) is 0.831. The van der Waals surface area contributed by atoms with Crippen LogP contribution in [0.5, 0.6) is 0 Å². The van der Waals surface area contributed by atoms with Crippen LogP contribution in [0.1, 0.15) is 97.5 Å². The summed E-state index contributed by atoms with van der Waals surface area (Å²) >= 11 is 0. The molecule has 1 aliphatic carbocycles. The predicted octanol–water partition coefficient (Wildman–Crippen LogP) is 8.20. The first-order valence-corrected chi connectivity index (χ1v) is 14.0. The number of amides is 2. The minimum atomic E-state index is -0.315. The summed E-state index contributed by atoms with van der Waals surface area (Å²) in [6.45, 7) is 12.9. The smallest absolute Gasteiger partial charge is 0.265 e. The number of aryl methyl sites for hydroxylation is 1. The van der Waals surface area contributed by atoms with Crippen LogP contribution in [0.25, 0.3) is 10.9 Å². The average Bonchev–Trinajstić information content (AvgIpc) is 2.91. The first-order chi connectivity index (χ1) is 18.4. The Bertz CT molecular complexity index is 1470. The number of aromatic nitrogens is 1. The number of benzene rings is 3. The van der Waals surface area contributed by atoms with Crippen molar-refractivity contribution in [1.82, 2.24) is 4.98 Å². The van der Waals surface area contributed by atoms with Gasteiger partial charge in [-0.3, -0.25) is 14.6 Å². The summed E-state index contributed by atoms with van der Waals surface area (Å²) < 4.78 is 0. The van der Waals surface area contributed by atoms with E-state index in [1.165, 1.54) is 4.90 Å². The van der Waals surface area contributed by atoms with Crippen LogP contribution in [0.3, 0.4) is 0 Å². The van der Waals surface area contributed by atoms with Gasteiger partial charge in [0.05, 0.1) is 11.2 Å². The van der Waals surface area contributed by atoms with Crippen molar-refractivity contribution in [2.24, 2.45) is 0 Å². The molecule has 0 bridgehead atoms. The molecule has 2 amide bonds. The van der Waals surface area contributed by atoms with Gasteiger partial charge in [0.2, 0.25) is 0 Å². The van der Waals surface area contributed by atoms with E-state index in [0.717, 1.165) is 59.0 Å². The van der Waals surface area contributed by atoms with Gasteiger partial charge in [-0.2, -0.15) is 0 Å². The van der Waals surface area contributed by atoms with Gasteiger partial charge in [-0.25, -0.2) is 4.90 Å². The lowest BCUT2D eigenvalue weighted by atomic mass is 9.86. The first kappa shape index (κ1) is 26.8. The Morgan fingerprint density at radius 1 is 0.667 bits per heavy atom. The van der Waals surface area contributed by atoms with E-state index >= 15 is 0 Å². The van der Waals surface area contributed by atoms with Gasteiger partial charge in [-0.15, -0.1) is 0 Å². The molecule has 0 radical (unpaired) electrons. The van der Waals surface area contributed by atoms with E-state index in [0.29, 0.717) is 16.8 Å². The third kappa shape index (κ3) is 5.25. The Kier molecular flexibility index (Phi) is 6.92. The summed E-state index contributed by atoms with van der Waals surface area (Å²) in [6.07, 6.45) is 3.72. The molecule has 4 aromatic rings. The molecule has 0 saturated carbocycles. The zero-order chi connectivity index (χ0) is 27.9. The fraction of sp³-hybridized carbons (Fsp3) is 0.343. The highest BCUT2D eigenvalue weighted by atomic mass is 16.2. The molecule has 4 nitrogen and oxygen atoms in total. The molecular weight excluding hydrogens is 480 g/mol. The third-order valence-electron chi connectivity index (χ3n) is 7.76. The Labute approximate surface area is 232 Å². The second-order valence-electron chi connectivity index (χ2n) is 12.7. The zero-order valence-electron chi connectivity index (χ0n) is 24.0. The molecule has 0 fully saturated rings. The summed E-state index contributed by atoms with van der Waals surface area (Å²) in [6, 6.07) is 23.2. The molecular formula is C35H38N2O2. The van der Waals surface area contributed by atoms with Gasteiger partial charge >= 0.3 is 0 Å². The van der Waals surface area contributed by atoms with E-state index in [1.807, 2.05) is 72.8 Å². The van der Waals surface area contributed by atoms with Crippen LogP contribution >= 0.6 is 0 Å². The quantitative estimate of drug-likeness (QED) is 0.257. The van der Waals surface area contributed by atoms with Crippen LogP contribution in [0.15, 0.2) is 72.8 Å². The van der Waals surface area contributed by atoms with Gasteiger partial charge in [0, 0.05) is 22.2 Å². The van der Waals surface area contributed by atoms with Crippen molar-refractivity contribution in [3.63, 3.8) is 0 Å². The van der Waals surface area contributed by atoms with Crippen LogP contribution in [0.2, 0.25) is 0 Å². The maximum Gasteiger partial charge on any atom is 0.265 e. The lowest BCUT2D eigenvalue weighted by Gasteiger charge is -2.29. The fourth-order valence-electron chi connectivity index (χ4n) is 5.38. The SMILES string of the molecule is CC(C)(C)c1ccc(C(=O)N(C(=O)c2ccc(C(C)(C)C)cc2)c2c3c(nc4ccccc24)CCCC3)cc1. The third-order valence-corrected chi connectivity index (χ3v) is 7.76. The second kappa shape index (κ2) is 10.1. The number of imide groups is 1.